The van der Waals surface area contributed by atoms with Crippen molar-refractivity contribution in [3.8, 4) is 0 Å². The molecule has 0 N–H and O–H groups in total. The summed E-state index contributed by atoms with van der Waals surface area (Å²) in [5.41, 5.74) is 1.56. The first kappa shape index (κ1) is 13.8. The molecule has 0 saturated heterocycles. The summed E-state index contributed by atoms with van der Waals surface area (Å²) in [4.78, 5) is 12.2. The van der Waals surface area contributed by atoms with Crippen LogP contribution in [0.25, 0.3) is 10.9 Å². The quantitative estimate of drug-likeness (QED) is 0.753. The van der Waals surface area contributed by atoms with E-state index in [1.54, 1.807) is 6.07 Å². The topological polar surface area (TPSA) is 22.0 Å². The summed E-state index contributed by atoms with van der Waals surface area (Å²) >= 11 is 0. The van der Waals surface area contributed by atoms with Gasteiger partial charge >= 0.3 is 0 Å². The summed E-state index contributed by atoms with van der Waals surface area (Å²) in [5, 5.41) is 0.722. The molecule has 0 unspecified atom stereocenters. The second-order valence-corrected chi connectivity index (χ2v) is 5.77. The van der Waals surface area contributed by atoms with E-state index in [1.165, 1.54) is 12.1 Å². The third-order valence-corrected chi connectivity index (χ3v) is 3.19. The number of nitrogens with zero attached hydrogens (tertiary/aromatic N) is 1. The van der Waals surface area contributed by atoms with Crippen molar-refractivity contribution in [1.29, 1.82) is 0 Å². The molecule has 0 bridgehead atoms. The Labute approximate surface area is 113 Å². The van der Waals surface area contributed by atoms with Gasteiger partial charge in [-0.05, 0) is 24.1 Å². The molecule has 2 rings (SSSR count). The zero-order valence-electron chi connectivity index (χ0n) is 11.9. The monoisotopic (exact) mass is 261 g/mol. The van der Waals surface area contributed by atoms with E-state index in [2.05, 4.69) is 18.4 Å². The van der Waals surface area contributed by atoms with Crippen LogP contribution in [0.1, 0.15) is 38.1 Å². The molecule has 0 amide bonds. The van der Waals surface area contributed by atoms with Gasteiger partial charge in [-0.15, -0.1) is 0 Å². The van der Waals surface area contributed by atoms with Crippen LogP contribution in [0.4, 0.5) is 4.39 Å². The summed E-state index contributed by atoms with van der Waals surface area (Å²) in [5.74, 6) is 0.162. The van der Waals surface area contributed by atoms with Crippen LogP contribution < -0.4 is 0 Å². The zero-order valence-corrected chi connectivity index (χ0v) is 11.9. The lowest BCUT2D eigenvalue weighted by molar-refractivity contribution is 0.0941. The van der Waals surface area contributed by atoms with E-state index in [0.29, 0.717) is 11.5 Å². The molecular formula is C16H20FNO. The number of carbonyl (C=O) groups excluding carboxylic acids is 1. The van der Waals surface area contributed by atoms with E-state index in [0.717, 1.165) is 17.4 Å². The fourth-order valence-corrected chi connectivity index (χ4v) is 2.32. The fraction of sp³-hybridized carbons (Fsp3) is 0.438. The van der Waals surface area contributed by atoms with Gasteiger partial charge in [-0.1, -0.05) is 27.7 Å². The van der Waals surface area contributed by atoms with Crippen LogP contribution >= 0.6 is 0 Å². The number of Topliss-reactive ketones (excluding diaryl/α,β-unsaturated/α-hetero) is 1. The number of hydrogen-bond donors (Lipinski definition) is 0. The van der Waals surface area contributed by atoms with Crippen LogP contribution in [0.2, 0.25) is 0 Å². The summed E-state index contributed by atoms with van der Waals surface area (Å²) in [6.07, 6.45) is 1.87. The molecular weight excluding hydrogens is 241 g/mol. The van der Waals surface area contributed by atoms with Crippen molar-refractivity contribution in [3.63, 3.8) is 0 Å². The van der Waals surface area contributed by atoms with Crippen molar-refractivity contribution >= 4 is 16.7 Å². The minimum absolute atomic E-state index is 0.0677. The standard InChI is InChI=1S/C16H20FNO/c1-10(2)8-18-9-14(16(19)11(3)4)13-7-12(17)5-6-15(13)18/h5-7,9-11H,8H2,1-4H3. The summed E-state index contributed by atoms with van der Waals surface area (Å²) < 4.78 is 15.5. The molecule has 1 aromatic heterocycles. The number of rotatable bonds is 4. The smallest absolute Gasteiger partial charge is 0.167 e. The average molecular weight is 261 g/mol. The van der Waals surface area contributed by atoms with Gasteiger partial charge in [-0.25, -0.2) is 4.39 Å². The lowest BCUT2D eigenvalue weighted by Gasteiger charge is -2.07. The van der Waals surface area contributed by atoms with Gasteiger partial charge in [0.15, 0.2) is 5.78 Å². The minimum Gasteiger partial charge on any atom is -0.346 e. The highest BCUT2D eigenvalue weighted by molar-refractivity contribution is 6.08. The zero-order chi connectivity index (χ0) is 14.2. The van der Waals surface area contributed by atoms with Crippen molar-refractivity contribution in [2.45, 2.75) is 34.2 Å². The maximum Gasteiger partial charge on any atom is 0.167 e. The van der Waals surface area contributed by atoms with E-state index >= 15 is 0 Å². The average Bonchev–Trinajstić information content (AvgIpc) is 2.65. The highest BCUT2D eigenvalue weighted by atomic mass is 19.1. The second kappa shape index (κ2) is 5.16. The van der Waals surface area contributed by atoms with Gasteiger partial charge < -0.3 is 4.57 Å². The molecule has 0 saturated carbocycles. The van der Waals surface area contributed by atoms with Gasteiger partial charge in [0.1, 0.15) is 5.82 Å². The Morgan fingerprint density at radius 2 is 1.95 bits per heavy atom. The second-order valence-electron chi connectivity index (χ2n) is 5.77. The van der Waals surface area contributed by atoms with Crippen molar-refractivity contribution in [2.24, 2.45) is 11.8 Å². The molecule has 2 aromatic rings. The number of aromatic nitrogens is 1. The molecule has 2 nitrogen and oxygen atoms in total. The molecule has 0 radical (unpaired) electrons. The van der Waals surface area contributed by atoms with E-state index < -0.39 is 0 Å². The van der Waals surface area contributed by atoms with Gasteiger partial charge in [0, 0.05) is 35.1 Å². The molecule has 3 heteroatoms. The molecule has 19 heavy (non-hydrogen) atoms. The third-order valence-electron chi connectivity index (χ3n) is 3.19. The van der Waals surface area contributed by atoms with Crippen LogP contribution in [0, 0.1) is 17.7 Å². The Morgan fingerprint density at radius 1 is 1.26 bits per heavy atom. The van der Waals surface area contributed by atoms with Crippen molar-refractivity contribution in [1.82, 2.24) is 4.57 Å². The van der Waals surface area contributed by atoms with Crippen LogP contribution in [-0.2, 0) is 6.54 Å². The van der Waals surface area contributed by atoms with E-state index in [1.807, 2.05) is 20.0 Å². The Hall–Kier alpha value is -1.64. The van der Waals surface area contributed by atoms with Crippen LogP contribution in [0.5, 0.6) is 0 Å². The maximum atomic E-state index is 13.4. The van der Waals surface area contributed by atoms with Gasteiger partial charge in [0.05, 0.1) is 0 Å². The highest BCUT2D eigenvalue weighted by Gasteiger charge is 2.18. The lowest BCUT2D eigenvalue weighted by Crippen LogP contribution is -2.07. The number of fused-ring (bicyclic) bond motifs is 1. The molecule has 1 heterocycles. The van der Waals surface area contributed by atoms with Gasteiger partial charge in [-0.2, -0.15) is 0 Å². The number of carbonyl (C=O) groups is 1. The number of halogens is 1. The SMILES string of the molecule is CC(C)Cn1cc(C(=O)C(C)C)c2cc(F)ccc21. The lowest BCUT2D eigenvalue weighted by atomic mass is 10.0. The van der Waals surface area contributed by atoms with E-state index in [-0.39, 0.29) is 17.5 Å². The predicted octanol–water partition coefficient (Wildman–Crippen LogP) is 4.28. The maximum absolute atomic E-state index is 13.4. The Kier molecular flexibility index (Phi) is 3.74. The molecule has 0 aliphatic carbocycles. The van der Waals surface area contributed by atoms with E-state index in [9.17, 15) is 9.18 Å². The van der Waals surface area contributed by atoms with Crippen molar-refractivity contribution in [2.75, 3.05) is 0 Å². The first-order valence-corrected chi connectivity index (χ1v) is 6.72. The summed E-state index contributed by atoms with van der Waals surface area (Å²) in [6.45, 7) is 8.81. The van der Waals surface area contributed by atoms with Gasteiger partial charge in [0.25, 0.3) is 0 Å². The number of benzene rings is 1. The molecule has 0 atom stereocenters. The van der Waals surface area contributed by atoms with Crippen LogP contribution in [0.15, 0.2) is 24.4 Å². The summed E-state index contributed by atoms with van der Waals surface area (Å²) in [7, 11) is 0. The third kappa shape index (κ3) is 2.70. The molecule has 0 spiro atoms. The normalized spacial score (nSPS) is 11.7. The highest BCUT2D eigenvalue weighted by Crippen LogP contribution is 2.25. The van der Waals surface area contributed by atoms with E-state index in [4.69, 9.17) is 0 Å². The Balaban J connectivity index is 2.63. The Morgan fingerprint density at radius 3 is 2.53 bits per heavy atom. The van der Waals surface area contributed by atoms with Crippen LogP contribution in [0.3, 0.4) is 0 Å². The predicted molar refractivity (Wildman–Crippen MR) is 75.9 cm³/mol. The molecule has 0 aliphatic heterocycles. The largest absolute Gasteiger partial charge is 0.346 e. The fourth-order valence-electron chi connectivity index (χ4n) is 2.32. The number of ketones is 1. The van der Waals surface area contributed by atoms with Gasteiger partial charge in [-0.3, -0.25) is 4.79 Å². The first-order chi connectivity index (χ1) is 8.90. The van der Waals surface area contributed by atoms with Crippen molar-refractivity contribution in [3.05, 3.63) is 35.8 Å². The number of hydrogen-bond acceptors (Lipinski definition) is 1. The Bertz CT molecular complexity index is 610. The first-order valence-electron chi connectivity index (χ1n) is 6.72. The minimum atomic E-state index is -0.299. The van der Waals surface area contributed by atoms with Crippen molar-refractivity contribution < 1.29 is 9.18 Å². The molecule has 0 aliphatic rings. The van der Waals surface area contributed by atoms with Crippen LogP contribution in [-0.4, -0.2) is 10.4 Å². The molecule has 1 aromatic carbocycles. The molecule has 0 fully saturated rings. The van der Waals surface area contributed by atoms with Gasteiger partial charge in [0.2, 0.25) is 0 Å². The summed E-state index contributed by atoms with van der Waals surface area (Å²) in [6, 6.07) is 4.66. The molecule has 102 valence electrons.